The van der Waals surface area contributed by atoms with Crippen LogP contribution < -0.4 is 5.43 Å². The van der Waals surface area contributed by atoms with Gasteiger partial charge in [-0.1, -0.05) is 24.3 Å². The lowest BCUT2D eigenvalue weighted by Crippen LogP contribution is -2.34. The molecule has 3 heterocycles. The van der Waals surface area contributed by atoms with E-state index in [2.05, 4.69) is 25.9 Å². The zero-order chi connectivity index (χ0) is 18.4. The summed E-state index contributed by atoms with van der Waals surface area (Å²) in [4.78, 5) is 17.0. The summed E-state index contributed by atoms with van der Waals surface area (Å²) < 4.78 is 14.8. The molecule has 8 nitrogen and oxygen atoms in total. The molecule has 1 amide bonds. The third-order valence-corrected chi connectivity index (χ3v) is 5.49. The topological polar surface area (TPSA) is 88.3 Å². The summed E-state index contributed by atoms with van der Waals surface area (Å²) in [5, 5.41) is 13.0. The molecule has 0 bridgehead atoms. The van der Waals surface area contributed by atoms with Gasteiger partial charge in [-0.3, -0.25) is 10.2 Å². The fraction of sp³-hybridized carbons (Fsp3) is 0.118. The molecule has 1 fully saturated rings. The summed E-state index contributed by atoms with van der Waals surface area (Å²) in [7, 11) is 0. The number of anilines is 1. The molecule has 1 unspecified atom stereocenters. The van der Waals surface area contributed by atoms with E-state index in [1.165, 1.54) is 28.9 Å². The number of carbonyl (C=O) groups excluding carboxylic acids is 1. The first kappa shape index (κ1) is 15.9. The Hall–Kier alpha value is -3.27. The lowest BCUT2D eigenvalue weighted by Gasteiger charge is -2.25. The maximum atomic E-state index is 13.2. The Morgan fingerprint density at radius 1 is 1.15 bits per heavy atom. The molecule has 10 heteroatoms. The van der Waals surface area contributed by atoms with Crippen LogP contribution in [0, 0.1) is 5.82 Å². The Kier molecular flexibility index (Phi) is 3.64. The van der Waals surface area contributed by atoms with E-state index in [0.717, 1.165) is 11.1 Å². The van der Waals surface area contributed by atoms with Crippen molar-refractivity contribution in [1.82, 2.24) is 30.0 Å². The minimum Gasteiger partial charge on any atom is -0.275 e. The monoisotopic (exact) mass is 381 g/mol. The van der Waals surface area contributed by atoms with Gasteiger partial charge in [0, 0.05) is 0 Å². The van der Waals surface area contributed by atoms with Gasteiger partial charge in [-0.25, -0.2) is 14.4 Å². The molecule has 1 saturated heterocycles. The molecule has 1 aliphatic heterocycles. The highest BCUT2D eigenvalue weighted by Crippen LogP contribution is 2.38. The van der Waals surface area contributed by atoms with Crippen molar-refractivity contribution in [3.05, 3.63) is 59.9 Å². The van der Waals surface area contributed by atoms with E-state index in [0.29, 0.717) is 22.7 Å². The SMILES string of the molecule is O=C1CSC(c2ccc(F)cc2)N1Nc1nc2ccccc2n2nnnc12. The Morgan fingerprint density at radius 2 is 1.96 bits per heavy atom. The summed E-state index contributed by atoms with van der Waals surface area (Å²) in [5.41, 5.74) is 5.76. The molecule has 2 aromatic heterocycles. The Labute approximate surface area is 156 Å². The second-order valence-corrected chi connectivity index (χ2v) is 7.02. The highest BCUT2D eigenvalue weighted by Gasteiger charge is 2.34. The molecule has 4 aromatic rings. The number of halogens is 1. The lowest BCUT2D eigenvalue weighted by atomic mass is 10.2. The summed E-state index contributed by atoms with van der Waals surface area (Å²) >= 11 is 1.45. The molecule has 134 valence electrons. The van der Waals surface area contributed by atoms with Crippen LogP contribution in [0.15, 0.2) is 48.5 Å². The number of nitrogens with one attached hydrogen (secondary N) is 1. The molecule has 1 N–H and O–H groups in total. The van der Waals surface area contributed by atoms with Gasteiger partial charge in [-0.05, 0) is 40.3 Å². The third-order valence-electron chi connectivity index (χ3n) is 4.27. The van der Waals surface area contributed by atoms with Crippen LogP contribution in [0.1, 0.15) is 10.9 Å². The van der Waals surface area contributed by atoms with Crippen molar-refractivity contribution in [2.45, 2.75) is 5.37 Å². The molecule has 1 atom stereocenters. The summed E-state index contributed by atoms with van der Waals surface area (Å²) in [6.45, 7) is 0. The number of tetrazole rings is 1. The first-order valence-electron chi connectivity index (χ1n) is 8.13. The van der Waals surface area contributed by atoms with E-state index >= 15 is 0 Å². The number of nitrogens with zero attached hydrogens (tertiary/aromatic N) is 6. The number of hydrazine groups is 1. The average molecular weight is 381 g/mol. The fourth-order valence-electron chi connectivity index (χ4n) is 3.01. The summed E-state index contributed by atoms with van der Waals surface area (Å²) in [6, 6.07) is 13.6. The number of rotatable bonds is 3. The zero-order valence-corrected chi connectivity index (χ0v) is 14.6. The van der Waals surface area contributed by atoms with Crippen molar-refractivity contribution in [2.75, 3.05) is 11.2 Å². The van der Waals surface area contributed by atoms with Crippen LogP contribution in [0.5, 0.6) is 0 Å². The molecule has 0 saturated carbocycles. The van der Waals surface area contributed by atoms with Crippen LogP contribution in [-0.4, -0.2) is 41.7 Å². The maximum absolute atomic E-state index is 13.2. The first-order chi connectivity index (χ1) is 13.2. The predicted molar refractivity (Wildman–Crippen MR) is 98.2 cm³/mol. The van der Waals surface area contributed by atoms with Crippen molar-refractivity contribution >= 4 is 40.2 Å². The number of benzene rings is 2. The number of aromatic nitrogens is 5. The molecular formula is C17H12FN7OS. The van der Waals surface area contributed by atoms with E-state index in [1.807, 2.05) is 24.3 Å². The van der Waals surface area contributed by atoms with Crippen molar-refractivity contribution < 1.29 is 9.18 Å². The van der Waals surface area contributed by atoms with Crippen molar-refractivity contribution in [1.29, 1.82) is 0 Å². The van der Waals surface area contributed by atoms with Crippen LogP contribution in [0.25, 0.3) is 16.7 Å². The van der Waals surface area contributed by atoms with E-state index in [1.54, 1.807) is 16.6 Å². The molecule has 27 heavy (non-hydrogen) atoms. The minimum atomic E-state index is -0.319. The fourth-order valence-corrected chi connectivity index (χ4v) is 4.12. The smallest absolute Gasteiger partial charge is 0.252 e. The van der Waals surface area contributed by atoms with E-state index in [-0.39, 0.29) is 17.1 Å². The quantitative estimate of drug-likeness (QED) is 0.583. The highest BCUT2D eigenvalue weighted by atomic mass is 32.2. The Balaban J connectivity index is 1.57. The molecule has 5 rings (SSSR count). The van der Waals surface area contributed by atoms with E-state index in [4.69, 9.17) is 0 Å². The maximum Gasteiger partial charge on any atom is 0.252 e. The number of thioether (sulfide) groups is 1. The largest absolute Gasteiger partial charge is 0.275 e. The summed E-state index contributed by atoms with van der Waals surface area (Å²) in [6.07, 6.45) is 0. The molecule has 0 spiro atoms. The second kappa shape index (κ2) is 6.16. The number of fused-ring (bicyclic) bond motifs is 3. The normalized spacial score (nSPS) is 17.1. The molecule has 2 aromatic carbocycles. The van der Waals surface area contributed by atoms with E-state index < -0.39 is 0 Å². The molecule has 0 aliphatic carbocycles. The van der Waals surface area contributed by atoms with Crippen LogP contribution in [0.3, 0.4) is 0 Å². The van der Waals surface area contributed by atoms with E-state index in [9.17, 15) is 9.18 Å². The van der Waals surface area contributed by atoms with Crippen LogP contribution in [0.4, 0.5) is 10.2 Å². The number of amides is 1. The number of para-hydroxylation sites is 2. The number of carbonyl (C=O) groups is 1. The lowest BCUT2D eigenvalue weighted by molar-refractivity contribution is -0.126. The van der Waals surface area contributed by atoms with Crippen molar-refractivity contribution in [2.24, 2.45) is 0 Å². The first-order valence-corrected chi connectivity index (χ1v) is 9.18. The van der Waals surface area contributed by atoms with Gasteiger partial charge in [0.25, 0.3) is 5.91 Å². The standard InChI is InChI=1S/C17H12FN7OS/c18-11-7-5-10(6-8-11)17-25(14(26)9-27-17)21-15-16-20-22-23-24(16)13-4-2-1-3-12(13)19-15/h1-8,17H,9H2,(H,19,21). The zero-order valence-electron chi connectivity index (χ0n) is 13.8. The van der Waals surface area contributed by atoms with Gasteiger partial charge in [0.2, 0.25) is 5.65 Å². The van der Waals surface area contributed by atoms with Crippen molar-refractivity contribution in [3.8, 4) is 0 Å². The molecule has 1 aliphatic rings. The van der Waals surface area contributed by atoms with Gasteiger partial charge in [0.05, 0.1) is 16.8 Å². The van der Waals surface area contributed by atoms with Crippen LogP contribution in [0.2, 0.25) is 0 Å². The third kappa shape index (κ3) is 2.65. The molecule has 0 radical (unpaired) electrons. The highest BCUT2D eigenvalue weighted by molar-refractivity contribution is 8.00. The van der Waals surface area contributed by atoms with Crippen LogP contribution in [-0.2, 0) is 4.79 Å². The minimum absolute atomic E-state index is 0.102. The van der Waals surface area contributed by atoms with Gasteiger partial charge in [-0.2, -0.15) is 4.52 Å². The summed E-state index contributed by atoms with van der Waals surface area (Å²) in [5.74, 6) is 0.265. The molecular weight excluding hydrogens is 369 g/mol. The van der Waals surface area contributed by atoms with Crippen LogP contribution >= 0.6 is 11.8 Å². The van der Waals surface area contributed by atoms with Gasteiger partial charge in [0.1, 0.15) is 11.2 Å². The van der Waals surface area contributed by atoms with Gasteiger partial charge in [0.15, 0.2) is 5.82 Å². The van der Waals surface area contributed by atoms with Gasteiger partial charge in [-0.15, -0.1) is 16.9 Å². The number of hydrogen-bond donors (Lipinski definition) is 1. The second-order valence-electron chi connectivity index (χ2n) is 5.95. The average Bonchev–Trinajstić information content (AvgIpc) is 3.31. The van der Waals surface area contributed by atoms with Gasteiger partial charge >= 0.3 is 0 Å². The Morgan fingerprint density at radius 3 is 2.81 bits per heavy atom. The van der Waals surface area contributed by atoms with Gasteiger partial charge < -0.3 is 0 Å². The Bertz CT molecular complexity index is 1160. The number of hydrogen-bond acceptors (Lipinski definition) is 7. The predicted octanol–water partition coefficient (Wildman–Crippen LogP) is 2.41. The van der Waals surface area contributed by atoms with Crippen molar-refractivity contribution in [3.63, 3.8) is 0 Å².